The Morgan fingerprint density at radius 2 is 1.65 bits per heavy atom. The molecule has 2 aliphatic heterocycles. The van der Waals surface area contributed by atoms with E-state index in [1.807, 2.05) is 0 Å². The molecule has 4 fully saturated rings. The molecule has 0 radical (unpaired) electrons. The minimum absolute atomic E-state index is 0.00218. The first-order valence-corrected chi connectivity index (χ1v) is 12.6. The lowest BCUT2D eigenvalue weighted by Crippen LogP contribution is -2.95. The molecule has 1 spiro atoms. The van der Waals surface area contributed by atoms with E-state index in [0.29, 0.717) is 5.57 Å². The monoisotopic (exact) mass is 522 g/mol. The SMILES string of the molecule is CC(=O)O[C@H]1C/C(C)=C\[C@@H]2OC(=O)[C@@]3(C)O[C@]23[C@]2(OC(C)=O)[C@H]3[C@@H](C)[C@@H](O)C[C@H](OC(C)=O)[C@]3(C)C12O. The predicted octanol–water partition coefficient (Wildman–Crippen LogP) is 0.723. The molecule has 11 nitrogen and oxygen atoms in total. The van der Waals surface area contributed by atoms with E-state index in [0.717, 1.165) is 0 Å². The van der Waals surface area contributed by atoms with Gasteiger partial charge in [0.05, 0.1) is 6.10 Å². The van der Waals surface area contributed by atoms with Crippen molar-refractivity contribution in [1.82, 2.24) is 0 Å². The molecule has 0 amide bonds. The zero-order valence-corrected chi connectivity index (χ0v) is 22.0. The van der Waals surface area contributed by atoms with Crippen LogP contribution in [0.15, 0.2) is 11.6 Å². The molecule has 0 aromatic rings. The van der Waals surface area contributed by atoms with Crippen LogP contribution in [0.2, 0.25) is 0 Å². The molecule has 2 saturated heterocycles. The van der Waals surface area contributed by atoms with E-state index in [4.69, 9.17) is 23.7 Å². The first kappa shape index (κ1) is 26.1. The third-order valence-electron chi connectivity index (χ3n) is 9.67. The Bertz CT molecular complexity index is 1130. The zero-order chi connectivity index (χ0) is 27.5. The van der Waals surface area contributed by atoms with Crippen molar-refractivity contribution in [3.63, 3.8) is 0 Å². The van der Waals surface area contributed by atoms with Crippen LogP contribution in [0.1, 0.15) is 61.3 Å². The molecule has 0 aromatic carbocycles. The van der Waals surface area contributed by atoms with Gasteiger partial charge in [-0.1, -0.05) is 19.4 Å². The van der Waals surface area contributed by atoms with Gasteiger partial charge in [0.2, 0.25) is 5.60 Å². The Balaban J connectivity index is 1.86. The lowest BCUT2D eigenvalue weighted by atomic mass is 9.30. The van der Waals surface area contributed by atoms with Crippen LogP contribution in [0.5, 0.6) is 0 Å². The van der Waals surface area contributed by atoms with Crippen LogP contribution in [-0.2, 0) is 42.9 Å². The van der Waals surface area contributed by atoms with Crippen molar-refractivity contribution in [3.05, 3.63) is 11.6 Å². The molecule has 2 heterocycles. The van der Waals surface area contributed by atoms with Gasteiger partial charge in [-0.05, 0) is 25.8 Å². The van der Waals surface area contributed by atoms with Crippen molar-refractivity contribution in [1.29, 1.82) is 0 Å². The highest BCUT2D eigenvalue weighted by molar-refractivity contribution is 5.90. The van der Waals surface area contributed by atoms with Crippen LogP contribution in [-0.4, -0.2) is 80.9 Å². The predicted molar refractivity (Wildman–Crippen MR) is 122 cm³/mol. The largest absolute Gasteiger partial charge is 0.462 e. The van der Waals surface area contributed by atoms with E-state index >= 15 is 0 Å². The van der Waals surface area contributed by atoms with Gasteiger partial charge >= 0.3 is 23.9 Å². The van der Waals surface area contributed by atoms with E-state index in [-0.39, 0.29) is 12.8 Å². The number of ether oxygens (including phenoxy) is 5. The minimum atomic E-state index is -2.21. The second-order valence-corrected chi connectivity index (χ2v) is 11.6. The molecular weight excluding hydrogens is 488 g/mol. The lowest BCUT2D eigenvalue weighted by molar-refractivity contribution is -0.434. The van der Waals surface area contributed by atoms with Gasteiger partial charge in [-0.2, -0.15) is 0 Å². The molecule has 37 heavy (non-hydrogen) atoms. The van der Waals surface area contributed by atoms with E-state index in [9.17, 15) is 29.4 Å². The summed E-state index contributed by atoms with van der Waals surface area (Å²) in [5.41, 5.74) is -8.24. The van der Waals surface area contributed by atoms with Gasteiger partial charge in [-0.25, -0.2) is 4.79 Å². The number of rotatable bonds is 3. The Morgan fingerprint density at radius 3 is 2.19 bits per heavy atom. The molecule has 0 aromatic heterocycles. The fourth-order valence-corrected chi connectivity index (χ4v) is 8.41. The number of carbonyl (C=O) groups is 4. The Hall–Kier alpha value is -2.50. The zero-order valence-electron chi connectivity index (χ0n) is 22.0. The van der Waals surface area contributed by atoms with Crippen molar-refractivity contribution in [3.8, 4) is 0 Å². The first-order chi connectivity index (χ1) is 17.0. The second-order valence-electron chi connectivity index (χ2n) is 11.6. The van der Waals surface area contributed by atoms with Crippen LogP contribution < -0.4 is 0 Å². The summed E-state index contributed by atoms with van der Waals surface area (Å²) in [6.45, 7) is 10.3. The van der Waals surface area contributed by atoms with E-state index < -0.39 is 87.9 Å². The van der Waals surface area contributed by atoms with Crippen molar-refractivity contribution >= 4 is 23.9 Å². The molecule has 11 atom stereocenters. The fourth-order valence-electron chi connectivity index (χ4n) is 8.41. The molecule has 204 valence electrons. The smallest absolute Gasteiger partial charge is 0.342 e. The van der Waals surface area contributed by atoms with E-state index in [1.54, 1.807) is 26.8 Å². The number of hydrogen-bond donors (Lipinski definition) is 2. The molecular formula is C26H34O11. The number of esters is 4. The summed E-state index contributed by atoms with van der Waals surface area (Å²) in [6, 6.07) is 0. The van der Waals surface area contributed by atoms with Crippen LogP contribution >= 0.6 is 0 Å². The van der Waals surface area contributed by atoms with E-state index in [2.05, 4.69) is 0 Å². The van der Waals surface area contributed by atoms with Crippen LogP contribution in [0, 0.1) is 17.3 Å². The summed E-state index contributed by atoms with van der Waals surface area (Å²) in [5, 5.41) is 24.1. The number of aliphatic hydroxyl groups is 2. The summed E-state index contributed by atoms with van der Waals surface area (Å²) in [7, 11) is 0. The first-order valence-electron chi connectivity index (χ1n) is 12.6. The van der Waals surface area contributed by atoms with Gasteiger partial charge in [0.1, 0.15) is 12.2 Å². The Morgan fingerprint density at radius 1 is 1.05 bits per heavy atom. The molecule has 11 heteroatoms. The van der Waals surface area contributed by atoms with Crippen molar-refractivity contribution in [2.75, 3.05) is 0 Å². The standard InChI is InChI=1S/C26H34O11/c1-11-8-18(34-14(4)28)24(32)22(6)17(33-13(3)27)10-16(30)12(2)20(22)26(24,36-15(5)29)25-19(9-11)35-21(31)23(25,7)37-25/h9,12,16-20,30,32H,8,10H2,1-7H3/b11-9-/t12-,16-,17-,18-,19-,20-,22-,23+,24?,25+,26-/m0/s1. The normalized spacial score (nSPS) is 52.7. The summed E-state index contributed by atoms with van der Waals surface area (Å²) in [4.78, 5) is 50.4. The van der Waals surface area contributed by atoms with Gasteiger partial charge in [-0.3, -0.25) is 14.4 Å². The molecule has 2 N–H and O–H groups in total. The quantitative estimate of drug-likeness (QED) is 0.233. The summed E-state index contributed by atoms with van der Waals surface area (Å²) >= 11 is 0. The molecule has 3 aliphatic carbocycles. The highest BCUT2D eigenvalue weighted by atomic mass is 16.7. The van der Waals surface area contributed by atoms with Crippen molar-refractivity contribution in [2.45, 2.75) is 108 Å². The molecule has 0 bridgehead atoms. The fraction of sp³-hybridized carbons (Fsp3) is 0.769. The number of hydrogen-bond acceptors (Lipinski definition) is 11. The third kappa shape index (κ3) is 2.72. The molecule has 2 saturated carbocycles. The van der Waals surface area contributed by atoms with Gasteiger partial charge in [0, 0.05) is 44.9 Å². The van der Waals surface area contributed by atoms with Gasteiger partial charge in [0.25, 0.3) is 0 Å². The van der Waals surface area contributed by atoms with Gasteiger partial charge < -0.3 is 33.9 Å². The van der Waals surface area contributed by atoms with Crippen LogP contribution in [0.3, 0.4) is 0 Å². The van der Waals surface area contributed by atoms with E-state index in [1.165, 1.54) is 27.7 Å². The highest BCUT2D eigenvalue weighted by Gasteiger charge is 3.03. The maximum absolute atomic E-state index is 13.1. The number of epoxide rings is 1. The third-order valence-corrected chi connectivity index (χ3v) is 9.67. The summed E-state index contributed by atoms with van der Waals surface area (Å²) in [5.74, 6) is -4.27. The summed E-state index contributed by atoms with van der Waals surface area (Å²) in [6.07, 6.45) is -2.66. The molecule has 5 aliphatic rings. The average molecular weight is 523 g/mol. The van der Waals surface area contributed by atoms with Crippen molar-refractivity contribution < 1.29 is 53.1 Å². The highest BCUT2D eigenvalue weighted by Crippen LogP contribution is 2.81. The minimum Gasteiger partial charge on any atom is -0.462 e. The number of fused-ring (bicyclic) bond motifs is 4. The maximum atomic E-state index is 13.1. The topological polar surface area (TPSA) is 158 Å². The Kier molecular flexibility index (Phi) is 5.32. The lowest BCUT2D eigenvalue weighted by Gasteiger charge is -2.77. The average Bonchev–Trinajstić information content (AvgIpc) is 3.36. The van der Waals surface area contributed by atoms with Crippen LogP contribution in [0.25, 0.3) is 0 Å². The van der Waals surface area contributed by atoms with Crippen molar-refractivity contribution in [2.24, 2.45) is 17.3 Å². The summed E-state index contributed by atoms with van der Waals surface area (Å²) < 4.78 is 29.4. The Labute approximate surface area is 214 Å². The van der Waals surface area contributed by atoms with Gasteiger partial charge in [-0.15, -0.1) is 0 Å². The number of carbonyl (C=O) groups excluding carboxylic acids is 4. The second kappa shape index (κ2) is 7.54. The maximum Gasteiger partial charge on any atom is 0.342 e. The number of aliphatic hydroxyl groups excluding tert-OH is 1. The van der Waals surface area contributed by atoms with Gasteiger partial charge in [0.15, 0.2) is 22.9 Å². The molecule has 1 unspecified atom stereocenters. The van der Waals surface area contributed by atoms with Crippen LogP contribution in [0.4, 0.5) is 0 Å². The molecule has 5 rings (SSSR count).